The van der Waals surface area contributed by atoms with Gasteiger partial charge in [0, 0.05) is 24.7 Å². The van der Waals surface area contributed by atoms with E-state index in [1.165, 1.54) is 17.0 Å². The molecule has 2 heterocycles. The number of carbonyl (C=O) groups excluding carboxylic acids is 2. The van der Waals surface area contributed by atoms with Crippen LogP contribution in [-0.2, 0) is 30.8 Å². The first kappa shape index (κ1) is 22.9. The fraction of sp³-hybridized carbons (Fsp3) is 0.579. The summed E-state index contributed by atoms with van der Waals surface area (Å²) >= 11 is 5.70. The van der Waals surface area contributed by atoms with Crippen LogP contribution in [0.3, 0.4) is 0 Å². The second-order valence-electron chi connectivity index (χ2n) is 7.41. The number of benzene rings is 1. The van der Waals surface area contributed by atoms with Crippen LogP contribution in [0.4, 0.5) is 4.39 Å². The Kier molecular flexibility index (Phi) is 7.33. The molecular weight excluding hydrogens is 437 g/mol. The van der Waals surface area contributed by atoms with Gasteiger partial charge >= 0.3 is 0 Å². The number of rotatable bonds is 7. The number of halogens is 2. The molecule has 1 aromatic carbocycles. The van der Waals surface area contributed by atoms with E-state index in [9.17, 15) is 22.4 Å². The van der Waals surface area contributed by atoms with Crippen LogP contribution in [0, 0.1) is 5.82 Å². The Morgan fingerprint density at radius 1 is 1.33 bits per heavy atom. The summed E-state index contributed by atoms with van der Waals surface area (Å²) in [6.07, 6.45) is 0.225. The summed E-state index contributed by atoms with van der Waals surface area (Å²) < 4.78 is 46.3. The summed E-state index contributed by atoms with van der Waals surface area (Å²) in [5, 5.41) is 0.231. The number of sulfonamides is 1. The molecule has 0 aliphatic carbocycles. The largest absolute Gasteiger partial charge is 0.378 e. The van der Waals surface area contributed by atoms with Crippen molar-refractivity contribution in [3.8, 4) is 0 Å². The third-order valence-corrected chi connectivity index (χ3v) is 6.98. The van der Waals surface area contributed by atoms with Crippen LogP contribution in [0.25, 0.3) is 0 Å². The Hall–Kier alpha value is -1.75. The van der Waals surface area contributed by atoms with E-state index in [1.54, 1.807) is 11.8 Å². The molecule has 0 aromatic heterocycles. The Labute approximate surface area is 180 Å². The summed E-state index contributed by atoms with van der Waals surface area (Å²) in [6.45, 7) is 3.81. The normalized spacial score (nSPS) is 21.2. The quantitative estimate of drug-likeness (QED) is 0.647. The summed E-state index contributed by atoms with van der Waals surface area (Å²) in [4.78, 5) is 28.4. The lowest BCUT2D eigenvalue weighted by atomic mass is 10.2. The number of ether oxygens (including phenoxy) is 1. The molecule has 2 saturated heterocycles. The van der Waals surface area contributed by atoms with Crippen LogP contribution in [0.1, 0.15) is 18.9 Å². The van der Waals surface area contributed by atoms with Crippen molar-refractivity contribution < 1.29 is 27.1 Å². The molecule has 0 unspecified atom stereocenters. The zero-order chi connectivity index (χ0) is 21.9. The Morgan fingerprint density at radius 3 is 2.70 bits per heavy atom. The van der Waals surface area contributed by atoms with Gasteiger partial charge in [-0.05, 0) is 37.5 Å². The molecule has 0 spiro atoms. The third kappa shape index (κ3) is 5.48. The molecule has 2 amide bonds. The van der Waals surface area contributed by atoms with Gasteiger partial charge < -0.3 is 14.5 Å². The van der Waals surface area contributed by atoms with Crippen molar-refractivity contribution in [1.82, 2.24) is 14.5 Å². The van der Waals surface area contributed by atoms with Crippen molar-refractivity contribution >= 4 is 33.4 Å². The molecule has 0 radical (unpaired) electrons. The predicted molar refractivity (Wildman–Crippen MR) is 109 cm³/mol. The molecule has 2 aliphatic rings. The maximum Gasteiger partial charge on any atom is 0.245 e. The van der Waals surface area contributed by atoms with E-state index in [-0.39, 0.29) is 41.6 Å². The van der Waals surface area contributed by atoms with Crippen LogP contribution in [0.2, 0.25) is 5.02 Å². The standard InChI is InChI=1S/C19H25ClFN3O5S/c1-13(18(25)23-7-9-29-10-8-23)24-6-4-17(19(24)26)22-30(27,28)11-5-14-2-3-15(20)12-16(14)21/h2-3,12-13,17,22H,4-11H2,1H3/t13-,17-/m0/s1. The molecule has 0 bridgehead atoms. The van der Waals surface area contributed by atoms with E-state index in [0.717, 1.165) is 6.07 Å². The smallest absolute Gasteiger partial charge is 0.245 e. The van der Waals surface area contributed by atoms with Gasteiger partial charge in [-0.25, -0.2) is 17.5 Å². The summed E-state index contributed by atoms with van der Waals surface area (Å²) in [6, 6.07) is 2.46. The summed E-state index contributed by atoms with van der Waals surface area (Å²) in [7, 11) is -3.82. The molecule has 2 aliphatic heterocycles. The van der Waals surface area contributed by atoms with Crippen molar-refractivity contribution in [2.24, 2.45) is 0 Å². The van der Waals surface area contributed by atoms with E-state index < -0.39 is 33.8 Å². The van der Waals surface area contributed by atoms with Gasteiger partial charge in [-0.2, -0.15) is 0 Å². The van der Waals surface area contributed by atoms with Gasteiger partial charge in [0.05, 0.1) is 19.0 Å². The fourth-order valence-electron chi connectivity index (χ4n) is 3.62. The zero-order valence-electron chi connectivity index (χ0n) is 16.6. The highest BCUT2D eigenvalue weighted by Gasteiger charge is 2.39. The molecule has 2 atom stereocenters. The van der Waals surface area contributed by atoms with E-state index in [4.69, 9.17) is 16.3 Å². The van der Waals surface area contributed by atoms with E-state index in [1.807, 2.05) is 0 Å². The lowest BCUT2D eigenvalue weighted by Gasteiger charge is -2.32. The molecule has 1 N–H and O–H groups in total. The third-order valence-electron chi connectivity index (χ3n) is 5.36. The number of nitrogens with one attached hydrogen (secondary N) is 1. The Bertz CT molecular complexity index is 907. The second-order valence-corrected chi connectivity index (χ2v) is 9.72. The fourth-order valence-corrected chi connectivity index (χ4v) is 5.04. The molecule has 3 rings (SSSR count). The molecule has 11 heteroatoms. The zero-order valence-corrected chi connectivity index (χ0v) is 18.2. The van der Waals surface area contributed by atoms with Crippen LogP contribution in [0.5, 0.6) is 0 Å². The lowest BCUT2D eigenvalue weighted by molar-refractivity contribution is -0.146. The molecule has 2 fully saturated rings. The minimum atomic E-state index is -3.82. The van der Waals surface area contributed by atoms with Crippen molar-refractivity contribution in [2.45, 2.75) is 31.8 Å². The minimum Gasteiger partial charge on any atom is -0.378 e. The number of likely N-dealkylation sites (tertiary alicyclic amines) is 1. The highest BCUT2D eigenvalue weighted by molar-refractivity contribution is 7.89. The number of carbonyl (C=O) groups is 2. The van der Waals surface area contributed by atoms with Crippen molar-refractivity contribution in [2.75, 3.05) is 38.6 Å². The number of aryl methyl sites for hydroxylation is 1. The molecule has 1 aromatic rings. The molecule has 30 heavy (non-hydrogen) atoms. The monoisotopic (exact) mass is 461 g/mol. The van der Waals surface area contributed by atoms with Crippen LogP contribution < -0.4 is 4.72 Å². The Balaban J connectivity index is 1.56. The maximum absolute atomic E-state index is 13.9. The van der Waals surface area contributed by atoms with Crippen molar-refractivity contribution in [1.29, 1.82) is 0 Å². The van der Waals surface area contributed by atoms with Gasteiger partial charge in [0.1, 0.15) is 17.9 Å². The number of amides is 2. The van der Waals surface area contributed by atoms with Gasteiger partial charge in [0.15, 0.2) is 0 Å². The van der Waals surface area contributed by atoms with Crippen molar-refractivity contribution in [3.05, 3.63) is 34.6 Å². The maximum atomic E-state index is 13.9. The molecule has 8 nitrogen and oxygen atoms in total. The second kappa shape index (κ2) is 9.59. The first-order valence-corrected chi connectivity index (χ1v) is 11.8. The number of hydrogen-bond donors (Lipinski definition) is 1. The molecule has 166 valence electrons. The average Bonchev–Trinajstić information content (AvgIpc) is 3.06. The molecule has 0 saturated carbocycles. The van der Waals surface area contributed by atoms with Gasteiger partial charge in [0.2, 0.25) is 21.8 Å². The highest BCUT2D eigenvalue weighted by atomic mass is 35.5. The van der Waals surface area contributed by atoms with E-state index in [2.05, 4.69) is 4.72 Å². The first-order chi connectivity index (χ1) is 14.2. The van der Waals surface area contributed by atoms with Gasteiger partial charge in [-0.15, -0.1) is 0 Å². The average molecular weight is 462 g/mol. The van der Waals surface area contributed by atoms with Gasteiger partial charge in [-0.1, -0.05) is 17.7 Å². The SMILES string of the molecule is C[C@@H](C(=O)N1CCOCC1)N1CC[C@H](NS(=O)(=O)CCc2ccc(Cl)cc2F)C1=O. The topological polar surface area (TPSA) is 96.0 Å². The van der Waals surface area contributed by atoms with Crippen LogP contribution in [0.15, 0.2) is 18.2 Å². The first-order valence-electron chi connectivity index (χ1n) is 9.79. The number of hydrogen-bond acceptors (Lipinski definition) is 5. The van der Waals surface area contributed by atoms with E-state index in [0.29, 0.717) is 26.3 Å². The minimum absolute atomic E-state index is 0.0467. The highest BCUT2D eigenvalue weighted by Crippen LogP contribution is 2.19. The Morgan fingerprint density at radius 2 is 2.03 bits per heavy atom. The summed E-state index contributed by atoms with van der Waals surface area (Å²) in [5.74, 6) is -1.53. The van der Waals surface area contributed by atoms with E-state index >= 15 is 0 Å². The number of morpholine rings is 1. The summed E-state index contributed by atoms with van der Waals surface area (Å²) in [5.41, 5.74) is 0.230. The van der Waals surface area contributed by atoms with Gasteiger partial charge in [0.25, 0.3) is 0 Å². The lowest BCUT2D eigenvalue weighted by Crippen LogP contribution is -2.52. The molecular formula is C19H25ClFN3O5S. The van der Waals surface area contributed by atoms with Crippen molar-refractivity contribution in [3.63, 3.8) is 0 Å². The van der Waals surface area contributed by atoms with Crippen LogP contribution >= 0.6 is 11.6 Å². The van der Waals surface area contributed by atoms with Crippen LogP contribution in [-0.4, -0.2) is 80.7 Å². The predicted octanol–water partition coefficient (Wildman–Crippen LogP) is 0.789. The number of nitrogens with zero attached hydrogens (tertiary/aromatic N) is 2. The van der Waals surface area contributed by atoms with Gasteiger partial charge in [-0.3, -0.25) is 9.59 Å².